The van der Waals surface area contributed by atoms with Crippen LogP contribution in [-0.2, 0) is 6.42 Å². The maximum atomic E-state index is 11.2. The Balaban J connectivity index is 1.77. The molecule has 0 bridgehead atoms. The van der Waals surface area contributed by atoms with Gasteiger partial charge in [0, 0.05) is 34.0 Å². The third-order valence-corrected chi connectivity index (χ3v) is 3.62. The van der Waals surface area contributed by atoms with E-state index in [1.54, 1.807) is 6.07 Å². The van der Waals surface area contributed by atoms with E-state index in [1.165, 1.54) is 6.07 Å². The summed E-state index contributed by atoms with van der Waals surface area (Å²) in [5, 5.41) is 2.68. The third-order valence-electron chi connectivity index (χ3n) is 3.29. The van der Waals surface area contributed by atoms with E-state index in [2.05, 4.69) is 4.98 Å². The number of pyridine rings is 1. The van der Waals surface area contributed by atoms with E-state index in [1.807, 2.05) is 42.5 Å². The fourth-order valence-electron chi connectivity index (χ4n) is 2.27. The molecule has 106 valence electrons. The van der Waals surface area contributed by atoms with Gasteiger partial charge >= 0.3 is 0 Å². The number of ether oxygens (including phenoxy) is 1. The number of aromatic amines is 1. The minimum absolute atomic E-state index is 0.0931. The Morgan fingerprint density at radius 1 is 0.952 bits per heavy atom. The van der Waals surface area contributed by atoms with Crippen molar-refractivity contribution in [3.05, 3.63) is 75.7 Å². The molecule has 0 spiro atoms. The molecule has 3 aromatic rings. The smallest absolute Gasteiger partial charge is 0.248 e. The average molecular weight is 300 g/mol. The predicted octanol–water partition coefficient (Wildman–Crippen LogP) is 3.80. The Morgan fingerprint density at radius 3 is 2.57 bits per heavy atom. The van der Waals surface area contributed by atoms with Crippen LogP contribution in [0.3, 0.4) is 0 Å². The van der Waals surface area contributed by atoms with Crippen molar-refractivity contribution in [2.24, 2.45) is 0 Å². The van der Waals surface area contributed by atoms with Crippen molar-refractivity contribution < 1.29 is 4.74 Å². The first kappa shape index (κ1) is 13.7. The van der Waals surface area contributed by atoms with Gasteiger partial charge in [0.1, 0.15) is 5.75 Å². The van der Waals surface area contributed by atoms with E-state index in [0.29, 0.717) is 18.1 Å². The fraction of sp³-hybridized carbons (Fsp3) is 0.118. The molecule has 21 heavy (non-hydrogen) atoms. The summed E-state index contributed by atoms with van der Waals surface area (Å²) in [7, 11) is 0. The van der Waals surface area contributed by atoms with Crippen molar-refractivity contribution >= 4 is 22.4 Å². The molecule has 0 fully saturated rings. The first-order valence-corrected chi connectivity index (χ1v) is 7.10. The highest BCUT2D eigenvalue weighted by Crippen LogP contribution is 2.31. The lowest BCUT2D eigenvalue weighted by Crippen LogP contribution is -2.09. The number of hydrogen-bond donors (Lipinski definition) is 1. The van der Waals surface area contributed by atoms with Crippen LogP contribution < -0.4 is 10.3 Å². The Labute approximate surface area is 127 Å². The van der Waals surface area contributed by atoms with Gasteiger partial charge in [0.25, 0.3) is 0 Å². The maximum Gasteiger partial charge on any atom is 0.248 e. The van der Waals surface area contributed by atoms with Gasteiger partial charge in [0.05, 0.1) is 6.61 Å². The molecule has 0 radical (unpaired) electrons. The SMILES string of the molecule is O=c1cccc(CCOc2ccc(Cl)c3ccccc23)[nH]1. The van der Waals surface area contributed by atoms with Crippen LogP contribution >= 0.6 is 11.6 Å². The average Bonchev–Trinajstić information content (AvgIpc) is 2.50. The van der Waals surface area contributed by atoms with Gasteiger partial charge in [-0.1, -0.05) is 41.9 Å². The molecule has 0 saturated heterocycles. The number of H-pyrrole nitrogens is 1. The largest absolute Gasteiger partial charge is 0.493 e. The highest BCUT2D eigenvalue weighted by Gasteiger charge is 2.05. The molecular formula is C17H14ClNO2. The van der Waals surface area contributed by atoms with Crippen LogP contribution in [0, 0.1) is 0 Å². The first-order valence-electron chi connectivity index (χ1n) is 6.72. The first-order chi connectivity index (χ1) is 10.2. The van der Waals surface area contributed by atoms with Crippen molar-refractivity contribution in [2.45, 2.75) is 6.42 Å². The monoisotopic (exact) mass is 299 g/mol. The van der Waals surface area contributed by atoms with E-state index < -0.39 is 0 Å². The Kier molecular flexibility index (Phi) is 3.93. The van der Waals surface area contributed by atoms with E-state index in [9.17, 15) is 4.79 Å². The van der Waals surface area contributed by atoms with Crippen LogP contribution in [0.2, 0.25) is 5.02 Å². The molecule has 0 aliphatic heterocycles. The summed E-state index contributed by atoms with van der Waals surface area (Å²) >= 11 is 6.18. The molecule has 1 aromatic heterocycles. The molecular weight excluding hydrogens is 286 g/mol. The van der Waals surface area contributed by atoms with Gasteiger partial charge in [-0.3, -0.25) is 4.79 Å². The number of hydrogen-bond acceptors (Lipinski definition) is 2. The zero-order valence-corrected chi connectivity index (χ0v) is 12.1. The molecule has 1 heterocycles. The minimum atomic E-state index is -0.0931. The minimum Gasteiger partial charge on any atom is -0.493 e. The summed E-state index contributed by atoms with van der Waals surface area (Å²) in [6.07, 6.45) is 0.646. The van der Waals surface area contributed by atoms with Gasteiger partial charge in [0.15, 0.2) is 0 Å². The molecule has 1 N–H and O–H groups in total. The fourth-order valence-corrected chi connectivity index (χ4v) is 2.50. The van der Waals surface area contributed by atoms with E-state index in [0.717, 1.165) is 22.2 Å². The molecule has 3 nitrogen and oxygen atoms in total. The van der Waals surface area contributed by atoms with Crippen molar-refractivity contribution in [3.8, 4) is 5.75 Å². The molecule has 0 aliphatic rings. The number of benzene rings is 2. The van der Waals surface area contributed by atoms with Gasteiger partial charge < -0.3 is 9.72 Å². The lowest BCUT2D eigenvalue weighted by Gasteiger charge is -2.10. The zero-order valence-electron chi connectivity index (χ0n) is 11.3. The molecule has 0 amide bonds. The van der Waals surface area contributed by atoms with Crippen molar-refractivity contribution in [1.82, 2.24) is 4.98 Å². The summed E-state index contributed by atoms with van der Waals surface area (Å²) in [4.78, 5) is 14.0. The van der Waals surface area contributed by atoms with Crippen LogP contribution in [0.1, 0.15) is 5.69 Å². The van der Waals surface area contributed by atoms with Crippen LogP contribution in [0.5, 0.6) is 5.75 Å². The van der Waals surface area contributed by atoms with Crippen LogP contribution in [-0.4, -0.2) is 11.6 Å². The number of aromatic nitrogens is 1. The highest BCUT2D eigenvalue weighted by atomic mass is 35.5. The lowest BCUT2D eigenvalue weighted by atomic mass is 10.1. The number of rotatable bonds is 4. The Hall–Kier alpha value is -2.26. The van der Waals surface area contributed by atoms with Crippen molar-refractivity contribution in [2.75, 3.05) is 6.61 Å². The second kappa shape index (κ2) is 6.02. The molecule has 0 atom stereocenters. The van der Waals surface area contributed by atoms with Gasteiger partial charge in [0.2, 0.25) is 5.56 Å². The molecule has 0 aliphatic carbocycles. The van der Waals surface area contributed by atoms with E-state index in [-0.39, 0.29) is 5.56 Å². The number of halogens is 1. The normalized spacial score (nSPS) is 10.7. The summed E-state index contributed by atoms with van der Waals surface area (Å²) < 4.78 is 5.84. The second-order valence-corrected chi connectivity index (χ2v) is 5.14. The summed E-state index contributed by atoms with van der Waals surface area (Å²) in [5.41, 5.74) is 0.769. The van der Waals surface area contributed by atoms with Gasteiger partial charge in [-0.15, -0.1) is 0 Å². The van der Waals surface area contributed by atoms with Crippen molar-refractivity contribution in [3.63, 3.8) is 0 Å². The third kappa shape index (κ3) is 3.09. The van der Waals surface area contributed by atoms with Gasteiger partial charge in [-0.2, -0.15) is 0 Å². The number of nitrogens with one attached hydrogen (secondary N) is 1. The maximum absolute atomic E-state index is 11.2. The Morgan fingerprint density at radius 2 is 1.76 bits per heavy atom. The molecule has 0 saturated carbocycles. The predicted molar refractivity (Wildman–Crippen MR) is 85.2 cm³/mol. The second-order valence-electron chi connectivity index (χ2n) is 4.73. The standard InChI is InChI=1S/C17H14ClNO2/c18-15-8-9-16(14-6-2-1-5-13(14)15)21-11-10-12-4-3-7-17(20)19-12/h1-9H,10-11H2,(H,19,20). The zero-order chi connectivity index (χ0) is 14.7. The molecule has 4 heteroatoms. The van der Waals surface area contributed by atoms with Crippen LogP contribution in [0.4, 0.5) is 0 Å². The Bertz CT molecular complexity index is 826. The quantitative estimate of drug-likeness (QED) is 0.796. The summed E-state index contributed by atoms with van der Waals surface area (Å²) in [5.74, 6) is 0.799. The number of fused-ring (bicyclic) bond motifs is 1. The molecule has 0 unspecified atom stereocenters. The van der Waals surface area contributed by atoms with E-state index >= 15 is 0 Å². The van der Waals surface area contributed by atoms with Crippen molar-refractivity contribution in [1.29, 1.82) is 0 Å². The highest BCUT2D eigenvalue weighted by molar-refractivity contribution is 6.35. The summed E-state index contributed by atoms with van der Waals surface area (Å²) in [6.45, 7) is 0.492. The van der Waals surface area contributed by atoms with Gasteiger partial charge in [-0.05, 0) is 18.2 Å². The van der Waals surface area contributed by atoms with E-state index in [4.69, 9.17) is 16.3 Å². The molecule has 3 rings (SSSR count). The lowest BCUT2D eigenvalue weighted by molar-refractivity contribution is 0.324. The van der Waals surface area contributed by atoms with Crippen LogP contribution in [0.25, 0.3) is 10.8 Å². The van der Waals surface area contributed by atoms with Crippen LogP contribution in [0.15, 0.2) is 59.4 Å². The topological polar surface area (TPSA) is 42.1 Å². The van der Waals surface area contributed by atoms with Gasteiger partial charge in [-0.25, -0.2) is 0 Å². The molecule has 2 aromatic carbocycles. The summed E-state index contributed by atoms with van der Waals surface area (Å²) in [6, 6.07) is 16.7.